The van der Waals surface area contributed by atoms with Crippen LogP contribution in [0.3, 0.4) is 0 Å². The summed E-state index contributed by atoms with van der Waals surface area (Å²) in [5, 5.41) is 3.26. The van der Waals surface area contributed by atoms with Crippen molar-refractivity contribution >= 4 is 39.1 Å². The smallest absolute Gasteiger partial charge is 0.264 e. The van der Waals surface area contributed by atoms with Crippen molar-refractivity contribution in [1.82, 2.24) is 10.2 Å². The molecule has 3 aromatic rings. The van der Waals surface area contributed by atoms with Crippen molar-refractivity contribution in [1.29, 1.82) is 0 Å². The molecule has 7 nitrogen and oxygen atoms in total. The van der Waals surface area contributed by atoms with Crippen LogP contribution in [0, 0.1) is 13.8 Å². The highest BCUT2D eigenvalue weighted by Crippen LogP contribution is 2.26. The van der Waals surface area contributed by atoms with Crippen LogP contribution in [-0.2, 0) is 32.7 Å². The van der Waals surface area contributed by atoms with Gasteiger partial charge < -0.3 is 10.2 Å². The fourth-order valence-electron chi connectivity index (χ4n) is 4.25. The standard InChI is InChI=1S/C28H30ClN3O4S/c1-20-8-11-25(15-21(20)2)32(37(35,36)26-12-9-24(29)10-13-26)19-27(33)30-17-22-5-3-6-23(16-22)18-31-14-4-7-28(31)34/h3,5-6,8-13,15-16H,4,7,14,17-19H2,1-2H3,(H,30,33). The summed E-state index contributed by atoms with van der Waals surface area (Å²) in [5.74, 6) is -0.275. The van der Waals surface area contributed by atoms with Crippen molar-refractivity contribution in [2.45, 2.75) is 44.7 Å². The lowest BCUT2D eigenvalue weighted by Crippen LogP contribution is -2.40. The van der Waals surface area contributed by atoms with Crippen molar-refractivity contribution in [3.63, 3.8) is 0 Å². The number of hydrogen-bond acceptors (Lipinski definition) is 4. The topological polar surface area (TPSA) is 86.8 Å². The number of rotatable bonds is 9. The molecule has 4 rings (SSSR count). The second-order valence-electron chi connectivity index (χ2n) is 9.25. The normalized spacial score (nSPS) is 13.6. The van der Waals surface area contributed by atoms with Gasteiger partial charge in [0.15, 0.2) is 0 Å². The molecule has 1 aliphatic rings. The van der Waals surface area contributed by atoms with E-state index in [2.05, 4.69) is 5.32 Å². The average Bonchev–Trinajstić information content (AvgIpc) is 3.27. The van der Waals surface area contributed by atoms with E-state index in [1.165, 1.54) is 24.3 Å². The molecule has 0 unspecified atom stereocenters. The Labute approximate surface area is 223 Å². The molecule has 1 saturated heterocycles. The monoisotopic (exact) mass is 539 g/mol. The minimum atomic E-state index is -4.03. The number of nitrogens with one attached hydrogen (secondary N) is 1. The highest BCUT2D eigenvalue weighted by atomic mass is 35.5. The second-order valence-corrected chi connectivity index (χ2v) is 11.5. The maximum Gasteiger partial charge on any atom is 0.264 e. The molecular weight excluding hydrogens is 510 g/mol. The van der Waals surface area contributed by atoms with Crippen LogP contribution in [0.2, 0.25) is 5.02 Å². The highest BCUT2D eigenvalue weighted by molar-refractivity contribution is 7.92. The van der Waals surface area contributed by atoms with E-state index >= 15 is 0 Å². The number of carbonyl (C=O) groups excluding carboxylic acids is 2. The summed E-state index contributed by atoms with van der Waals surface area (Å²) in [5.41, 5.74) is 4.21. The molecule has 0 radical (unpaired) electrons. The van der Waals surface area contributed by atoms with E-state index in [9.17, 15) is 18.0 Å². The van der Waals surface area contributed by atoms with Crippen LogP contribution < -0.4 is 9.62 Å². The predicted octanol–water partition coefficient (Wildman–Crippen LogP) is 4.59. The zero-order chi connectivity index (χ0) is 26.6. The van der Waals surface area contributed by atoms with Crippen molar-refractivity contribution in [3.05, 3.63) is 94.0 Å². The first-order valence-corrected chi connectivity index (χ1v) is 13.9. The SMILES string of the molecule is Cc1ccc(N(CC(=O)NCc2cccc(CN3CCCC3=O)c2)S(=O)(=O)c2ccc(Cl)cc2)cc1C. The lowest BCUT2D eigenvalue weighted by molar-refractivity contribution is -0.128. The number of benzene rings is 3. The summed E-state index contributed by atoms with van der Waals surface area (Å²) in [6, 6.07) is 18.9. The fraction of sp³-hybridized carbons (Fsp3) is 0.286. The molecule has 9 heteroatoms. The minimum Gasteiger partial charge on any atom is -0.350 e. The van der Waals surface area contributed by atoms with E-state index in [0.29, 0.717) is 23.7 Å². The van der Waals surface area contributed by atoms with Crippen molar-refractivity contribution in [2.24, 2.45) is 0 Å². The lowest BCUT2D eigenvalue weighted by atomic mass is 10.1. The Hall–Kier alpha value is -3.36. The van der Waals surface area contributed by atoms with Crippen LogP contribution in [0.1, 0.15) is 35.1 Å². The van der Waals surface area contributed by atoms with E-state index in [-0.39, 0.29) is 23.9 Å². The first kappa shape index (κ1) is 26.7. The van der Waals surface area contributed by atoms with Crippen LogP contribution in [-0.4, -0.2) is 38.2 Å². The molecule has 0 saturated carbocycles. The Morgan fingerprint density at radius 3 is 2.41 bits per heavy atom. The van der Waals surface area contributed by atoms with E-state index in [4.69, 9.17) is 11.6 Å². The maximum absolute atomic E-state index is 13.6. The van der Waals surface area contributed by atoms with E-state index in [1.807, 2.05) is 49.1 Å². The number of carbonyl (C=O) groups is 2. The van der Waals surface area contributed by atoms with Crippen LogP contribution >= 0.6 is 11.6 Å². The van der Waals surface area contributed by atoms with Crippen LogP contribution in [0.15, 0.2) is 71.6 Å². The number of aryl methyl sites for hydroxylation is 2. The molecule has 37 heavy (non-hydrogen) atoms. The Kier molecular flexibility index (Phi) is 8.19. The number of anilines is 1. The van der Waals surface area contributed by atoms with Crippen molar-refractivity contribution in [3.8, 4) is 0 Å². The first-order chi connectivity index (χ1) is 17.6. The number of sulfonamides is 1. The van der Waals surface area contributed by atoms with E-state index < -0.39 is 15.9 Å². The fourth-order valence-corrected chi connectivity index (χ4v) is 5.78. The van der Waals surface area contributed by atoms with Crippen molar-refractivity contribution in [2.75, 3.05) is 17.4 Å². The molecule has 0 spiro atoms. The maximum atomic E-state index is 13.6. The first-order valence-electron chi connectivity index (χ1n) is 12.1. The number of halogens is 1. The summed E-state index contributed by atoms with van der Waals surface area (Å²) in [7, 11) is -4.03. The average molecular weight is 540 g/mol. The Balaban J connectivity index is 1.50. The van der Waals surface area contributed by atoms with Crippen molar-refractivity contribution < 1.29 is 18.0 Å². The number of likely N-dealkylation sites (tertiary alicyclic amines) is 1. The molecule has 3 aromatic carbocycles. The second kappa shape index (κ2) is 11.4. The lowest BCUT2D eigenvalue weighted by Gasteiger charge is -2.25. The molecule has 1 aliphatic heterocycles. The summed E-state index contributed by atoms with van der Waals surface area (Å²) in [4.78, 5) is 26.8. The molecule has 0 aromatic heterocycles. The summed E-state index contributed by atoms with van der Waals surface area (Å²) >= 11 is 5.95. The predicted molar refractivity (Wildman–Crippen MR) is 145 cm³/mol. The third kappa shape index (κ3) is 6.50. The molecule has 0 bridgehead atoms. The minimum absolute atomic E-state index is 0.0482. The quantitative estimate of drug-likeness (QED) is 0.431. The van der Waals surface area contributed by atoms with Gasteiger partial charge in [-0.25, -0.2) is 8.42 Å². The van der Waals surface area contributed by atoms with Gasteiger partial charge in [0.2, 0.25) is 11.8 Å². The third-order valence-electron chi connectivity index (χ3n) is 6.49. The zero-order valence-electron chi connectivity index (χ0n) is 20.9. The zero-order valence-corrected chi connectivity index (χ0v) is 22.5. The highest BCUT2D eigenvalue weighted by Gasteiger charge is 2.27. The third-order valence-corrected chi connectivity index (χ3v) is 8.53. The Morgan fingerprint density at radius 2 is 1.73 bits per heavy atom. The van der Waals surface area contributed by atoms with Gasteiger partial charge in [0.05, 0.1) is 10.6 Å². The van der Waals surface area contributed by atoms with Gasteiger partial charge in [0.25, 0.3) is 10.0 Å². The largest absolute Gasteiger partial charge is 0.350 e. The molecular formula is C28H30ClN3O4S. The molecule has 0 aliphatic carbocycles. The summed E-state index contributed by atoms with van der Waals surface area (Å²) in [6.07, 6.45) is 1.47. The molecule has 194 valence electrons. The van der Waals surface area contributed by atoms with E-state index in [1.54, 1.807) is 12.1 Å². The van der Waals surface area contributed by atoms with Gasteiger partial charge in [-0.2, -0.15) is 0 Å². The van der Waals surface area contributed by atoms with Gasteiger partial charge in [-0.1, -0.05) is 41.9 Å². The molecule has 1 N–H and O–H groups in total. The van der Waals surface area contributed by atoms with Gasteiger partial charge in [0.1, 0.15) is 6.54 Å². The van der Waals surface area contributed by atoms with Crippen LogP contribution in [0.5, 0.6) is 0 Å². The Morgan fingerprint density at radius 1 is 1.00 bits per heavy atom. The number of nitrogens with zero attached hydrogens (tertiary/aromatic N) is 2. The van der Waals surface area contributed by atoms with Gasteiger partial charge in [0, 0.05) is 31.1 Å². The molecule has 0 atom stereocenters. The van der Waals surface area contributed by atoms with Gasteiger partial charge in [-0.3, -0.25) is 13.9 Å². The van der Waals surface area contributed by atoms with E-state index in [0.717, 1.165) is 39.5 Å². The molecule has 1 heterocycles. The summed E-state index contributed by atoms with van der Waals surface area (Å²) in [6.45, 7) is 5.00. The summed E-state index contributed by atoms with van der Waals surface area (Å²) < 4.78 is 28.2. The molecule has 1 fully saturated rings. The van der Waals surface area contributed by atoms with Gasteiger partial charge in [-0.15, -0.1) is 0 Å². The van der Waals surface area contributed by atoms with Crippen LogP contribution in [0.25, 0.3) is 0 Å². The van der Waals surface area contributed by atoms with Crippen LogP contribution in [0.4, 0.5) is 5.69 Å². The van der Waals surface area contributed by atoms with Gasteiger partial charge >= 0.3 is 0 Å². The number of amides is 2. The van der Waals surface area contributed by atoms with Gasteiger partial charge in [-0.05, 0) is 78.9 Å². The Bertz CT molecular complexity index is 1410. The number of hydrogen-bond donors (Lipinski definition) is 1. The molecule has 2 amide bonds.